The van der Waals surface area contributed by atoms with Crippen LogP contribution in [0, 0.1) is 21.7 Å². The van der Waals surface area contributed by atoms with Crippen LogP contribution in [0.5, 0.6) is 0 Å². The van der Waals surface area contributed by atoms with Gasteiger partial charge in [-0.25, -0.2) is 4.39 Å². The highest BCUT2D eigenvalue weighted by Crippen LogP contribution is 2.28. The van der Waals surface area contributed by atoms with E-state index in [9.17, 15) is 18.9 Å². The third-order valence-corrected chi connectivity index (χ3v) is 3.14. The van der Waals surface area contributed by atoms with Crippen LogP contribution in [0.15, 0.2) is 40.9 Å². The zero-order valence-corrected chi connectivity index (χ0v) is 11.7. The molecule has 0 aliphatic heterocycles. The number of nitrogens with one attached hydrogen (secondary N) is 1. The number of rotatable bonds is 4. The number of nitrogens with zero attached hydrogens (tertiary/aromatic N) is 1. The van der Waals surface area contributed by atoms with E-state index >= 15 is 0 Å². The molecule has 2 aromatic rings. The average molecular weight is 343 g/mol. The standard InChI is InChI=1S/C13H9BrF2N2O2/c14-9-4-5-10(15)8(6-9)7-17-12-3-1-2-11(16)13(12)18(19)20/h1-6,17H,7H2. The van der Waals surface area contributed by atoms with Crippen LogP contribution in [-0.4, -0.2) is 4.92 Å². The summed E-state index contributed by atoms with van der Waals surface area (Å²) in [6.07, 6.45) is 0. The molecular formula is C13H9BrF2N2O2. The van der Waals surface area contributed by atoms with Crippen molar-refractivity contribution in [3.8, 4) is 0 Å². The highest BCUT2D eigenvalue weighted by atomic mass is 79.9. The van der Waals surface area contributed by atoms with Gasteiger partial charge in [-0.1, -0.05) is 22.0 Å². The van der Waals surface area contributed by atoms with Gasteiger partial charge in [-0.2, -0.15) is 4.39 Å². The molecule has 0 saturated heterocycles. The Labute approximate surface area is 121 Å². The van der Waals surface area contributed by atoms with Crippen molar-refractivity contribution in [3.63, 3.8) is 0 Å². The Morgan fingerprint density at radius 3 is 2.65 bits per heavy atom. The number of nitro groups is 1. The predicted molar refractivity (Wildman–Crippen MR) is 74.5 cm³/mol. The predicted octanol–water partition coefficient (Wildman–Crippen LogP) is 4.25. The summed E-state index contributed by atoms with van der Waals surface area (Å²) in [5, 5.41) is 13.5. The second-order valence-electron chi connectivity index (χ2n) is 3.98. The van der Waals surface area contributed by atoms with E-state index in [1.54, 1.807) is 12.1 Å². The summed E-state index contributed by atoms with van der Waals surface area (Å²) in [6.45, 7) is 0.00949. The molecule has 104 valence electrons. The molecule has 0 spiro atoms. The monoisotopic (exact) mass is 342 g/mol. The lowest BCUT2D eigenvalue weighted by Gasteiger charge is -2.08. The summed E-state index contributed by atoms with van der Waals surface area (Å²) in [7, 11) is 0. The molecule has 20 heavy (non-hydrogen) atoms. The Bertz CT molecular complexity index is 665. The summed E-state index contributed by atoms with van der Waals surface area (Å²) in [4.78, 5) is 10.0. The first kappa shape index (κ1) is 14.4. The lowest BCUT2D eigenvalue weighted by Crippen LogP contribution is -2.05. The van der Waals surface area contributed by atoms with Crippen molar-refractivity contribution in [3.05, 3.63) is 68.2 Å². The molecule has 0 aromatic heterocycles. The fourth-order valence-corrected chi connectivity index (χ4v) is 2.12. The molecule has 0 bridgehead atoms. The molecule has 0 aliphatic carbocycles. The van der Waals surface area contributed by atoms with E-state index in [2.05, 4.69) is 21.2 Å². The number of hydrogen-bond acceptors (Lipinski definition) is 3. The van der Waals surface area contributed by atoms with Crippen LogP contribution < -0.4 is 5.32 Å². The fourth-order valence-electron chi connectivity index (χ4n) is 1.71. The van der Waals surface area contributed by atoms with Gasteiger partial charge in [0.2, 0.25) is 5.82 Å². The Morgan fingerprint density at radius 2 is 1.95 bits per heavy atom. The minimum Gasteiger partial charge on any atom is -0.375 e. The maximum atomic E-state index is 13.5. The van der Waals surface area contributed by atoms with Crippen molar-refractivity contribution in [1.82, 2.24) is 0 Å². The van der Waals surface area contributed by atoms with E-state index in [1.165, 1.54) is 18.2 Å². The zero-order valence-electron chi connectivity index (χ0n) is 10.1. The number of anilines is 1. The van der Waals surface area contributed by atoms with Crippen LogP contribution in [0.4, 0.5) is 20.2 Å². The molecule has 0 amide bonds. The fraction of sp³-hybridized carbons (Fsp3) is 0.0769. The minimum atomic E-state index is -0.935. The molecule has 7 heteroatoms. The van der Waals surface area contributed by atoms with Crippen molar-refractivity contribution in [2.75, 3.05) is 5.32 Å². The largest absolute Gasteiger partial charge is 0.375 e. The number of benzene rings is 2. The minimum absolute atomic E-state index is 0.00868. The van der Waals surface area contributed by atoms with E-state index < -0.39 is 22.2 Å². The van der Waals surface area contributed by atoms with Crippen LogP contribution >= 0.6 is 15.9 Å². The summed E-state index contributed by atoms with van der Waals surface area (Å²) in [5.74, 6) is -1.38. The van der Waals surface area contributed by atoms with E-state index in [1.807, 2.05) is 0 Å². The average Bonchev–Trinajstić information content (AvgIpc) is 2.39. The molecule has 2 rings (SSSR count). The van der Waals surface area contributed by atoms with Crippen LogP contribution in [0.2, 0.25) is 0 Å². The Hall–Kier alpha value is -2.02. The molecule has 0 fully saturated rings. The molecule has 0 atom stereocenters. The molecule has 4 nitrogen and oxygen atoms in total. The highest BCUT2D eigenvalue weighted by molar-refractivity contribution is 9.10. The topological polar surface area (TPSA) is 55.2 Å². The van der Waals surface area contributed by atoms with Gasteiger partial charge in [-0.15, -0.1) is 0 Å². The molecule has 0 radical (unpaired) electrons. The number of para-hydroxylation sites is 1. The van der Waals surface area contributed by atoms with E-state index in [-0.39, 0.29) is 12.2 Å². The Balaban J connectivity index is 2.25. The molecular weight excluding hydrogens is 334 g/mol. The first-order chi connectivity index (χ1) is 9.49. The summed E-state index contributed by atoms with van der Waals surface area (Å²) in [5.41, 5.74) is -0.324. The van der Waals surface area contributed by atoms with E-state index in [0.29, 0.717) is 10.0 Å². The first-order valence-corrected chi connectivity index (χ1v) is 6.39. The van der Waals surface area contributed by atoms with Crippen molar-refractivity contribution < 1.29 is 13.7 Å². The summed E-state index contributed by atoms with van der Waals surface area (Å²) < 4.78 is 27.6. The van der Waals surface area contributed by atoms with Gasteiger partial charge < -0.3 is 5.32 Å². The van der Waals surface area contributed by atoms with Crippen molar-refractivity contribution in [2.45, 2.75) is 6.54 Å². The van der Waals surface area contributed by atoms with Crippen LogP contribution in [0.3, 0.4) is 0 Å². The second kappa shape index (κ2) is 5.96. The van der Waals surface area contributed by atoms with Gasteiger partial charge in [-0.05, 0) is 30.3 Å². The molecule has 0 unspecified atom stereocenters. The van der Waals surface area contributed by atoms with Crippen LogP contribution in [0.1, 0.15) is 5.56 Å². The van der Waals surface area contributed by atoms with E-state index in [0.717, 1.165) is 6.07 Å². The number of hydrogen-bond donors (Lipinski definition) is 1. The smallest absolute Gasteiger partial charge is 0.327 e. The van der Waals surface area contributed by atoms with Gasteiger partial charge in [0.1, 0.15) is 11.5 Å². The number of nitro benzene ring substituents is 1. The SMILES string of the molecule is O=[N+]([O-])c1c(F)cccc1NCc1cc(Br)ccc1F. The second-order valence-corrected chi connectivity index (χ2v) is 4.90. The van der Waals surface area contributed by atoms with Gasteiger partial charge in [0, 0.05) is 16.6 Å². The van der Waals surface area contributed by atoms with Crippen LogP contribution in [-0.2, 0) is 6.54 Å². The van der Waals surface area contributed by atoms with Crippen LogP contribution in [0.25, 0.3) is 0 Å². The van der Waals surface area contributed by atoms with Crippen molar-refractivity contribution >= 4 is 27.3 Å². The zero-order chi connectivity index (χ0) is 14.7. The number of halogens is 3. The molecule has 0 heterocycles. The normalized spacial score (nSPS) is 10.3. The van der Waals surface area contributed by atoms with Gasteiger partial charge in [-0.3, -0.25) is 10.1 Å². The maximum Gasteiger partial charge on any atom is 0.327 e. The molecule has 0 saturated carbocycles. The summed E-state index contributed by atoms with van der Waals surface area (Å²) >= 11 is 3.21. The maximum absolute atomic E-state index is 13.5. The third kappa shape index (κ3) is 3.11. The Kier molecular flexibility index (Phi) is 4.29. The lowest BCUT2D eigenvalue weighted by atomic mass is 10.2. The Morgan fingerprint density at radius 1 is 1.20 bits per heavy atom. The van der Waals surface area contributed by atoms with E-state index in [4.69, 9.17) is 0 Å². The van der Waals surface area contributed by atoms with Gasteiger partial charge in [0.05, 0.1) is 4.92 Å². The van der Waals surface area contributed by atoms with Crippen molar-refractivity contribution in [2.24, 2.45) is 0 Å². The van der Waals surface area contributed by atoms with Gasteiger partial charge >= 0.3 is 5.69 Å². The summed E-state index contributed by atoms with van der Waals surface area (Å²) in [6, 6.07) is 8.10. The third-order valence-electron chi connectivity index (χ3n) is 2.65. The quantitative estimate of drug-likeness (QED) is 0.667. The van der Waals surface area contributed by atoms with Gasteiger partial charge in [0.15, 0.2) is 0 Å². The van der Waals surface area contributed by atoms with Crippen molar-refractivity contribution in [1.29, 1.82) is 0 Å². The molecule has 2 aromatic carbocycles. The first-order valence-electron chi connectivity index (χ1n) is 5.59. The lowest BCUT2D eigenvalue weighted by molar-refractivity contribution is -0.386. The highest BCUT2D eigenvalue weighted by Gasteiger charge is 2.19. The molecule has 0 aliphatic rings. The van der Waals surface area contributed by atoms with Gasteiger partial charge in [0.25, 0.3) is 0 Å². The molecule has 1 N–H and O–H groups in total.